The second kappa shape index (κ2) is 16.3. The minimum absolute atomic E-state index is 0. The van der Waals surface area contributed by atoms with E-state index in [1.807, 2.05) is 12.1 Å². The van der Waals surface area contributed by atoms with E-state index < -0.39 is 0 Å². The van der Waals surface area contributed by atoms with E-state index in [-0.39, 0.29) is 29.9 Å². The van der Waals surface area contributed by atoms with Crippen molar-refractivity contribution in [2.45, 2.75) is 26.2 Å². The predicted octanol–water partition coefficient (Wildman–Crippen LogP) is 3.17. The molecular formula is C18H30BrIN4O2. The van der Waals surface area contributed by atoms with Gasteiger partial charge in [-0.1, -0.05) is 35.3 Å². The lowest BCUT2D eigenvalue weighted by Crippen LogP contribution is -2.42. The molecule has 0 bridgehead atoms. The third-order valence-corrected chi connectivity index (χ3v) is 3.91. The first-order valence-electron chi connectivity index (χ1n) is 8.73. The molecule has 0 fully saturated rings. The van der Waals surface area contributed by atoms with Gasteiger partial charge in [-0.3, -0.25) is 9.79 Å². The molecule has 8 heteroatoms. The number of carbonyl (C=O) groups is 1. The minimum atomic E-state index is -0.0877. The normalized spacial score (nSPS) is 10.8. The van der Waals surface area contributed by atoms with Crippen LogP contribution >= 0.6 is 39.9 Å². The highest BCUT2D eigenvalue weighted by atomic mass is 127. The zero-order chi connectivity index (χ0) is 18.3. The van der Waals surface area contributed by atoms with Gasteiger partial charge < -0.3 is 20.7 Å². The van der Waals surface area contributed by atoms with Crippen molar-refractivity contribution in [3.8, 4) is 0 Å². The molecule has 3 N–H and O–H groups in total. The van der Waals surface area contributed by atoms with E-state index in [0.29, 0.717) is 18.7 Å². The number of carbonyl (C=O) groups excluding carboxylic acids is 1. The van der Waals surface area contributed by atoms with Gasteiger partial charge in [0.05, 0.1) is 0 Å². The van der Waals surface area contributed by atoms with E-state index in [9.17, 15) is 4.79 Å². The Balaban J connectivity index is 0.00000625. The number of halogens is 2. The Bertz CT molecular complexity index is 544. The maximum Gasteiger partial charge on any atom is 0.251 e. The average Bonchev–Trinajstić information content (AvgIpc) is 2.62. The van der Waals surface area contributed by atoms with E-state index in [1.165, 1.54) is 0 Å². The van der Waals surface area contributed by atoms with Gasteiger partial charge in [0.25, 0.3) is 5.91 Å². The second-order valence-electron chi connectivity index (χ2n) is 5.51. The molecule has 1 rings (SSSR count). The Kier molecular flexibility index (Phi) is 15.8. The summed E-state index contributed by atoms with van der Waals surface area (Å²) in [6, 6.07) is 7.32. The summed E-state index contributed by atoms with van der Waals surface area (Å²) < 4.78 is 6.40. The first-order chi connectivity index (χ1) is 12.2. The summed E-state index contributed by atoms with van der Waals surface area (Å²) in [4.78, 5) is 16.2. The molecule has 0 aliphatic carbocycles. The summed E-state index contributed by atoms with van der Waals surface area (Å²) in [5, 5.41) is 9.28. The van der Waals surface area contributed by atoms with Gasteiger partial charge in [-0.15, -0.1) is 24.0 Å². The highest BCUT2D eigenvalue weighted by Crippen LogP contribution is 2.11. The number of benzene rings is 1. The van der Waals surface area contributed by atoms with Gasteiger partial charge >= 0.3 is 0 Å². The van der Waals surface area contributed by atoms with Crippen LogP contribution in [0.2, 0.25) is 0 Å². The summed E-state index contributed by atoms with van der Waals surface area (Å²) in [6.45, 7) is 5.67. The Morgan fingerprint density at radius 2 is 1.81 bits per heavy atom. The number of hydrogen-bond acceptors (Lipinski definition) is 3. The smallest absolute Gasteiger partial charge is 0.251 e. The Hall–Kier alpha value is -0.870. The molecule has 0 atom stereocenters. The highest BCUT2D eigenvalue weighted by Gasteiger charge is 2.05. The first-order valence-corrected chi connectivity index (χ1v) is 9.52. The van der Waals surface area contributed by atoms with E-state index in [2.05, 4.69) is 43.8 Å². The molecule has 0 unspecified atom stereocenters. The molecule has 0 aliphatic heterocycles. The van der Waals surface area contributed by atoms with Crippen LogP contribution in [0.25, 0.3) is 0 Å². The summed E-state index contributed by atoms with van der Waals surface area (Å²) >= 11 is 3.36. The maximum atomic E-state index is 12.0. The molecule has 0 saturated carbocycles. The van der Waals surface area contributed by atoms with Gasteiger partial charge in [0, 0.05) is 49.9 Å². The average molecular weight is 541 g/mol. The first kappa shape index (κ1) is 25.1. The molecule has 1 aromatic rings. The van der Waals surface area contributed by atoms with Crippen LogP contribution in [0.4, 0.5) is 0 Å². The van der Waals surface area contributed by atoms with Crippen molar-refractivity contribution in [3.05, 3.63) is 34.3 Å². The lowest BCUT2D eigenvalue weighted by atomic mass is 10.2. The zero-order valence-corrected chi connectivity index (χ0v) is 19.4. The maximum absolute atomic E-state index is 12.0. The molecule has 0 saturated heterocycles. The number of nitrogens with zero attached hydrogens (tertiary/aromatic N) is 1. The number of amides is 1. The van der Waals surface area contributed by atoms with E-state index in [4.69, 9.17) is 4.74 Å². The third kappa shape index (κ3) is 11.7. The molecule has 0 aliphatic rings. The van der Waals surface area contributed by atoms with E-state index in [0.717, 1.165) is 49.5 Å². The fourth-order valence-corrected chi connectivity index (χ4v) is 2.44. The van der Waals surface area contributed by atoms with Gasteiger partial charge in [0.1, 0.15) is 0 Å². The molecule has 0 radical (unpaired) electrons. The number of unbranched alkanes of at least 4 members (excludes halogenated alkanes) is 1. The van der Waals surface area contributed by atoms with Gasteiger partial charge in [0.15, 0.2) is 5.96 Å². The van der Waals surface area contributed by atoms with Crippen molar-refractivity contribution in [1.29, 1.82) is 0 Å². The zero-order valence-electron chi connectivity index (χ0n) is 15.5. The molecule has 6 nitrogen and oxygen atoms in total. The van der Waals surface area contributed by atoms with Crippen LogP contribution in [-0.4, -0.2) is 51.8 Å². The number of aliphatic imine (C=N–C) groups is 1. The molecule has 0 heterocycles. The van der Waals surface area contributed by atoms with Crippen LogP contribution in [0.5, 0.6) is 0 Å². The van der Waals surface area contributed by atoms with Crippen LogP contribution in [0.3, 0.4) is 0 Å². The molecule has 26 heavy (non-hydrogen) atoms. The van der Waals surface area contributed by atoms with Crippen molar-refractivity contribution in [3.63, 3.8) is 0 Å². The molecular weight excluding hydrogens is 511 g/mol. The predicted molar refractivity (Wildman–Crippen MR) is 122 cm³/mol. The molecule has 148 valence electrons. The Morgan fingerprint density at radius 1 is 1.12 bits per heavy atom. The van der Waals surface area contributed by atoms with Gasteiger partial charge in [-0.2, -0.15) is 0 Å². The minimum Gasteiger partial charge on any atom is -0.381 e. The largest absolute Gasteiger partial charge is 0.381 e. The van der Waals surface area contributed by atoms with Crippen molar-refractivity contribution in [1.82, 2.24) is 16.0 Å². The van der Waals surface area contributed by atoms with Crippen molar-refractivity contribution < 1.29 is 9.53 Å². The topological polar surface area (TPSA) is 74.8 Å². The Morgan fingerprint density at radius 3 is 2.50 bits per heavy atom. The monoisotopic (exact) mass is 540 g/mol. The molecule has 1 amide bonds. The number of rotatable bonds is 11. The fraction of sp³-hybridized carbons (Fsp3) is 0.556. The lowest BCUT2D eigenvalue weighted by Gasteiger charge is -2.12. The summed E-state index contributed by atoms with van der Waals surface area (Å²) in [5.74, 6) is 0.639. The summed E-state index contributed by atoms with van der Waals surface area (Å²) in [5.41, 5.74) is 0.639. The van der Waals surface area contributed by atoms with Crippen LogP contribution in [0.1, 0.15) is 36.5 Å². The van der Waals surface area contributed by atoms with Crippen LogP contribution in [-0.2, 0) is 4.74 Å². The number of hydrogen-bond donors (Lipinski definition) is 3. The fourth-order valence-electron chi connectivity index (χ4n) is 2.04. The quantitative estimate of drug-likeness (QED) is 0.174. The van der Waals surface area contributed by atoms with Crippen molar-refractivity contribution in [2.24, 2.45) is 4.99 Å². The van der Waals surface area contributed by atoms with Gasteiger partial charge in [0.2, 0.25) is 0 Å². The van der Waals surface area contributed by atoms with E-state index >= 15 is 0 Å². The summed E-state index contributed by atoms with van der Waals surface area (Å²) in [7, 11) is 1.73. The SMILES string of the molecule is CCCCOCCCNC(=NC)NCCNC(=O)c1cccc(Br)c1.I. The number of guanidine groups is 1. The standard InChI is InChI=1S/C18H29BrN4O2.HI/c1-3-4-12-25-13-6-9-22-18(20-2)23-11-10-21-17(24)15-7-5-8-16(19)14-15;/h5,7-8,14H,3-4,6,9-13H2,1-2H3,(H,21,24)(H2,20,22,23);1H. The van der Waals surface area contributed by atoms with Crippen LogP contribution in [0, 0.1) is 0 Å². The van der Waals surface area contributed by atoms with E-state index in [1.54, 1.807) is 19.2 Å². The second-order valence-corrected chi connectivity index (χ2v) is 6.43. The molecule has 0 spiro atoms. The van der Waals surface area contributed by atoms with Crippen molar-refractivity contribution in [2.75, 3.05) is 39.9 Å². The third-order valence-electron chi connectivity index (χ3n) is 3.41. The van der Waals surface area contributed by atoms with Crippen LogP contribution < -0.4 is 16.0 Å². The highest BCUT2D eigenvalue weighted by molar-refractivity contribution is 14.0. The molecule has 0 aromatic heterocycles. The van der Waals surface area contributed by atoms with Crippen LogP contribution in [0.15, 0.2) is 33.7 Å². The van der Waals surface area contributed by atoms with Gasteiger partial charge in [-0.25, -0.2) is 0 Å². The Labute approximate surface area is 182 Å². The molecule has 1 aromatic carbocycles. The number of nitrogens with one attached hydrogen (secondary N) is 3. The summed E-state index contributed by atoms with van der Waals surface area (Å²) in [6.07, 6.45) is 3.21. The number of ether oxygens (including phenoxy) is 1. The van der Waals surface area contributed by atoms with Gasteiger partial charge in [-0.05, 0) is 31.0 Å². The lowest BCUT2D eigenvalue weighted by molar-refractivity contribution is 0.0954. The van der Waals surface area contributed by atoms with Crippen molar-refractivity contribution >= 4 is 51.8 Å².